The maximum atomic E-state index is 5.25. The van der Waals surface area contributed by atoms with E-state index in [-0.39, 0.29) is 0 Å². The zero-order chi connectivity index (χ0) is 91.4. The van der Waals surface area contributed by atoms with E-state index in [9.17, 15) is 0 Å². The largest absolute Gasteiger partial charge is 0.264 e. The second-order valence-electron chi connectivity index (χ2n) is 34.8. The summed E-state index contributed by atoms with van der Waals surface area (Å²) in [6.45, 7) is 0. The van der Waals surface area contributed by atoms with Crippen LogP contribution >= 0.6 is 0 Å². The van der Waals surface area contributed by atoms with Gasteiger partial charge in [-0.05, 0) is 214 Å². The van der Waals surface area contributed by atoms with E-state index >= 15 is 0 Å². The predicted molar refractivity (Wildman–Crippen MR) is 575 cm³/mol. The summed E-state index contributed by atoms with van der Waals surface area (Å²) in [5, 5.41) is 21.6. The highest BCUT2D eigenvalue weighted by atomic mass is 14.9. The quantitative estimate of drug-likeness (QED) is 0.110. The van der Waals surface area contributed by atoms with Crippen molar-refractivity contribution in [2.24, 2.45) is 0 Å². The lowest BCUT2D eigenvalue weighted by atomic mass is 9.84. The van der Waals surface area contributed by atoms with Crippen LogP contribution < -0.4 is 0 Å². The Morgan fingerprint density at radius 1 is 0.123 bits per heavy atom. The van der Waals surface area contributed by atoms with Crippen LogP contribution in [0.5, 0.6) is 0 Å². The smallest absolute Gasteiger partial charge is 0.0979 e. The van der Waals surface area contributed by atoms with Gasteiger partial charge in [-0.1, -0.05) is 388 Å². The van der Waals surface area contributed by atoms with Crippen LogP contribution in [0, 0.1) is 0 Å². The van der Waals surface area contributed by atoms with Gasteiger partial charge in [0.25, 0.3) is 0 Å². The minimum atomic E-state index is 0.883. The van der Waals surface area contributed by atoms with Crippen LogP contribution in [0.1, 0.15) is 0 Å². The number of benzene rings is 21. The second-order valence-corrected chi connectivity index (χ2v) is 34.8. The number of pyridine rings is 3. The average Bonchev–Trinajstić information content (AvgIpc) is 0.729. The SMILES string of the molecule is c1ccc(-c2nc3ccccc3nc2-c2ccc(-c3c4ccccc4c(-c4cccnc4)c4ccccc34)c3ccccc23)cc1.c1ccc(-c2nc3ccccc3nc2-c2ccc3cc(-c4c5ccccc5c(-c5cccnc5)c5ccccc45)ccc3c2)cc1.c1ccc(-c2nc3ccccc3nc2-c2cccc3c(-c4c5ccccc5c(-c5cccnc5)c5ccccc45)cccc23)cc1. The van der Waals surface area contributed by atoms with Crippen molar-refractivity contribution in [1.82, 2.24) is 44.9 Å². The Morgan fingerprint density at radius 2 is 0.341 bits per heavy atom. The monoisotopic (exact) mass is 1760 g/mol. The number of aromatic nitrogens is 9. The molecule has 138 heavy (non-hydrogen) atoms. The minimum Gasteiger partial charge on any atom is -0.264 e. The number of hydrogen-bond donors (Lipinski definition) is 0. The Bertz CT molecular complexity index is 8970. The van der Waals surface area contributed by atoms with Gasteiger partial charge < -0.3 is 0 Å². The van der Waals surface area contributed by atoms with E-state index in [2.05, 4.69) is 361 Å². The summed E-state index contributed by atoms with van der Waals surface area (Å²) in [5.74, 6) is 0. The molecule has 0 unspecified atom stereocenters. The third-order valence-electron chi connectivity index (χ3n) is 26.8. The summed E-state index contributed by atoms with van der Waals surface area (Å²) < 4.78 is 0. The normalized spacial score (nSPS) is 11.5. The Hall–Kier alpha value is -18.6. The van der Waals surface area contributed by atoms with E-state index in [0.29, 0.717) is 0 Å². The molecule has 0 bridgehead atoms. The molecule has 642 valence electrons. The van der Waals surface area contributed by atoms with Crippen LogP contribution in [0.4, 0.5) is 0 Å². The molecule has 0 spiro atoms. The molecule has 21 aromatic carbocycles. The van der Waals surface area contributed by atoms with Crippen LogP contribution in [0.15, 0.2) is 492 Å². The van der Waals surface area contributed by atoms with E-state index < -0.39 is 0 Å². The Labute approximate surface area is 795 Å². The molecule has 27 rings (SSSR count). The fraction of sp³-hybridized carbons (Fsp3) is 0. The molecule has 0 atom stereocenters. The van der Waals surface area contributed by atoms with Gasteiger partial charge in [-0.3, -0.25) is 15.0 Å². The lowest BCUT2D eigenvalue weighted by Crippen LogP contribution is -1.97. The third kappa shape index (κ3) is 14.6. The fourth-order valence-corrected chi connectivity index (χ4v) is 20.7. The maximum Gasteiger partial charge on any atom is 0.0979 e. The van der Waals surface area contributed by atoms with Crippen molar-refractivity contribution < 1.29 is 0 Å². The van der Waals surface area contributed by atoms with Gasteiger partial charge in [0.2, 0.25) is 0 Å². The van der Waals surface area contributed by atoms with Crippen LogP contribution in [-0.4, -0.2) is 44.9 Å². The Balaban J connectivity index is 0.000000110. The molecule has 27 aromatic rings. The lowest BCUT2D eigenvalue weighted by Gasteiger charge is -2.20. The molecular formula is C129H81N9. The molecule has 0 saturated heterocycles. The molecule has 0 aliphatic rings. The van der Waals surface area contributed by atoms with Gasteiger partial charge in [0.1, 0.15) is 0 Å². The van der Waals surface area contributed by atoms with Crippen molar-refractivity contribution in [2.45, 2.75) is 0 Å². The predicted octanol–water partition coefficient (Wildman–Crippen LogP) is 33.5. The summed E-state index contributed by atoms with van der Waals surface area (Å²) in [6.07, 6.45) is 11.4. The van der Waals surface area contributed by atoms with Crippen LogP contribution in [-0.2, 0) is 0 Å². The van der Waals surface area contributed by atoms with Crippen molar-refractivity contribution in [2.75, 3.05) is 0 Å². The zero-order valence-electron chi connectivity index (χ0n) is 74.8. The number of rotatable bonds is 12. The first-order valence-corrected chi connectivity index (χ1v) is 46.6. The highest BCUT2D eigenvalue weighted by Crippen LogP contribution is 2.52. The molecule has 0 radical (unpaired) electrons. The summed E-state index contributed by atoms with van der Waals surface area (Å²) in [4.78, 5) is 44.4. The van der Waals surface area contributed by atoms with Gasteiger partial charge in [0.15, 0.2) is 0 Å². The van der Waals surface area contributed by atoms with Gasteiger partial charge in [0, 0.05) is 87.3 Å². The standard InChI is InChI=1S/3C43H27N3/c1-2-13-28(14-3-1)42-43(46-39-25-9-8-24-38(39)45-42)37-23-11-20-30-31(37)21-10-22-32(30)41-35-18-6-4-16-33(35)40(29-15-12-26-44-27-29)34-17-5-7-19-36(34)41;1-2-11-28(12-3-1)42-43(46-39-19-9-8-18-38(39)45-42)32-23-21-29-25-31(22-20-30(29)26-32)40-34-14-4-6-16-36(34)41(33-13-10-24-44-27-33)37-17-7-5-15-35(37)40;1-2-13-28(14-3-1)42-43(46-39-23-11-10-22-38(39)45-42)37-25-24-36(30-16-4-5-17-31(30)37)41-34-20-8-6-18-32(34)40(29-15-12-26-44-27-29)33-19-7-9-21-35(33)41/h3*1-27H. The Morgan fingerprint density at radius 3 is 0.667 bits per heavy atom. The summed E-state index contributed by atoms with van der Waals surface area (Å²) in [7, 11) is 0. The van der Waals surface area contributed by atoms with Gasteiger partial charge >= 0.3 is 0 Å². The van der Waals surface area contributed by atoms with Gasteiger partial charge in [-0.25, -0.2) is 29.9 Å². The van der Waals surface area contributed by atoms with Crippen LogP contribution in [0.25, 0.3) is 264 Å². The van der Waals surface area contributed by atoms with Crippen molar-refractivity contribution in [1.29, 1.82) is 0 Å². The van der Waals surface area contributed by atoms with Crippen molar-refractivity contribution >= 4 is 130 Å². The van der Waals surface area contributed by atoms with E-state index in [1.807, 2.05) is 146 Å². The molecule has 9 heteroatoms. The fourth-order valence-electron chi connectivity index (χ4n) is 20.7. The number of hydrogen-bond acceptors (Lipinski definition) is 9. The van der Waals surface area contributed by atoms with Gasteiger partial charge in [-0.15, -0.1) is 0 Å². The molecule has 0 aliphatic carbocycles. The number of nitrogens with zero attached hydrogens (tertiary/aromatic N) is 9. The molecule has 0 fully saturated rings. The first-order chi connectivity index (χ1) is 68.5. The number of para-hydroxylation sites is 6. The number of fused-ring (bicyclic) bond motifs is 12. The van der Waals surface area contributed by atoms with Crippen molar-refractivity contribution in [3.8, 4) is 134 Å². The average molecular weight is 1760 g/mol. The Kier molecular flexibility index (Phi) is 20.8. The molecule has 9 nitrogen and oxygen atoms in total. The van der Waals surface area contributed by atoms with E-state index in [4.69, 9.17) is 29.9 Å². The highest BCUT2D eigenvalue weighted by molar-refractivity contribution is 6.27. The first-order valence-electron chi connectivity index (χ1n) is 46.6. The van der Waals surface area contributed by atoms with Crippen molar-refractivity contribution in [3.63, 3.8) is 0 Å². The highest BCUT2D eigenvalue weighted by Gasteiger charge is 2.27. The van der Waals surface area contributed by atoms with E-state index in [1.165, 1.54) is 131 Å². The lowest BCUT2D eigenvalue weighted by molar-refractivity contribution is 1.29. The summed E-state index contributed by atoms with van der Waals surface area (Å²) in [5.41, 5.74) is 31.3. The zero-order valence-corrected chi connectivity index (χ0v) is 74.8. The topological polar surface area (TPSA) is 116 Å². The minimum absolute atomic E-state index is 0.883. The molecule has 0 amide bonds. The van der Waals surface area contributed by atoms with Crippen molar-refractivity contribution in [3.05, 3.63) is 492 Å². The summed E-state index contributed by atoms with van der Waals surface area (Å²) in [6, 6.07) is 160. The van der Waals surface area contributed by atoms with Gasteiger partial charge in [-0.2, -0.15) is 0 Å². The van der Waals surface area contributed by atoms with Crippen LogP contribution in [0.3, 0.4) is 0 Å². The first kappa shape index (κ1) is 81.4. The maximum absolute atomic E-state index is 5.25. The summed E-state index contributed by atoms with van der Waals surface area (Å²) >= 11 is 0. The van der Waals surface area contributed by atoms with Gasteiger partial charge in [0.05, 0.1) is 67.3 Å². The second kappa shape index (κ2) is 35.2. The molecule has 6 aromatic heterocycles. The van der Waals surface area contributed by atoms with E-state index in [1.54, 1.807) is 0 Å². The molecule has 0 aliphatic heterocycles. The third-order valence-corrected chi connectivity index (χ3v) is 26.8. The molecule has 0 N–H and O–H groups in total. The molecule has 0 saturated carbocycles. The van der Waals surface area contributed by atoms with E-state index in [0.717, 1.165) is 133 Å². The van der Waals surface area contributed by atoms with Crippen LogP contribution in [0.2, 0.25) is 0 Å². The molecular weight excluding hydrogens is 1680 g/mol. The molecule has 6 heterocycles.